The van der Waals surface area contributed by atoms with Gasteiger partial charge in [-0.3, -0.25) is 0 Å². The molecule has 0 saturated carbocycles. The molecule has 3 nitrogen and oxygen atoms in total. The molecule has 0 heterocycles. The molecule has 14 heavy (non-hydrogen) atoms. The summed E-state index contributed by atoms with van der Waals surface area (Å²) in [7, 11) is 0. The minimum Gasteiger partial charge on any atom is -0.508 e. The van der Waals surface area contributed by atoms with E-state index in [2.05, 4.69) is 0 Å². The van der Waals surface area contributed by atoms with Gasteiger partial charge in [0.15, 0.2) is 0 Å². The van der Waals surface area contributed by atoms with E-state index in [1.807, 2.05) is 13.0 Å². The first-order valence-corrected chi connectivity index (χ1v) is 4.55. The van der Waals surface area contributed by atoms with E-state index in [9.17, 15) is 9.90 Å². The summed E-state index contributed by atoms with van der Waals surface area (Å²) < 4.78 is 0. The van der Waals surface area contributed by atoms with Gasteiger partial charge in [0.05, 0.1) is 6.61 Å². The molecule has 0 aromatic heterocycles. The number of benzene rings is 1. The minimum atomic E-state index is -0.172. The maximum atomic E-state index is 10.3. The standard InChI is InChI=1S/C11H14O3/c1-8(4-5-12)9-2-3-10(7-13)11(14)6-9/h2-3,5-6,8,13-14H,4,7H2,1H3. The smallest absolute Gasteiger partial charge is 0.121 e. The van der Waals surface area contributed by atoms with Gasteiger partial charge in [-0.25, -0.2) is 0 Å². The van der Waals surface area contributed by atoms with Gasteiger partial charge in [-0.2, -0.15) is 0 Å². The summed E-state index contributed by atoms with van der Waals surface area (Å²) >= 11 is 0. The lowest BCUT2D eigenvalue weighted by Gasteiger charge is -2.10. The third-order valence-corrected chi connectivity index (χ3v) is 2.30. The zero-order valence-corrected chi connectivity index (χ0v) is 8.10. The van der Waals surface area contributed by atoms with Crippen molar-refractivity contribution in [2.45, 2.75) is 25.9 Å². The second kappa shape index (κ2) is 4.77. The monoisotopic (exact) mass is 194 g/mol. The van der Waals surface area contributed by atoms with Crippen molar-refractivity contribution in [1.82, 2.24) is 0 Å². The molecule has 0 aliphatic carbocycles. The SMILES string of the molecule is CC(CC=O)c1ccc(CO)c(O)c1. The Kier molecular flexibility index (Phi) is 3.65. The molecule has 76 valence electrons. The Morgan fingerprint density at radius 3 is 2.71 bits per heavy atom. The van der Waals surface area contributed by atoms with Gasteiger partial charge in [0, 0.05) is 12.0 Å². The zero-order chi connectivity index (χ0) is 10.6. The summed E-state index contributed by atoms with van der Waals surface area (Å²) in [6, 6.07) is 5.09. The Morgan fingerprint density at radius 1 is 1.50 bits per heavy atom. The quantitative estimate of drug-likeness (QED) is 0.715. The molecule has 0 saturated heterocycles. The van der Waals surface area contributed by atoms with E-state index in [0.717, 1.165) is 11.8 Å². The molecule has 1 atom stereocenters. The van der Waals surface area contributed by atoms with Crippen LogP contribution in [0.2, 0.25) is 0 Å². The lowest BCUT2D eigenvalue weighted by Crippen LogP contribution is -1.95. The summed E-state index contributed by atoms with van der Waals surface area (Å²) in [5.74, 6) is 0.189. The maximum Gasteiger partial charge on any atom is 0.121 e. The molecular weight excluding hydrogens is 180 g/mol. The third kappa shape index (κ3) is 2.33. The fraction of sp³-hybridized carbons (Fsp3) is 0.364. The minimum absolute atomic E-state index is 0.0859. The molecule has 0 bridgehead atoms. The molecule has 0 amide bonds. The first-order chi connectivity index (χ1) is 6.69. The zero-order valence-electron chi connectivity index (χ0n) is 8.10. The van der Waals surface area contributed by atoms with Crippen LogP contribution >= 0.6 is 0 Å². The van der Waals surface area contributed by atoms with Crippen molar-refractivity contribution in [3.63, 3.8) is 0 Å². The van der Waals surface area contributed by atoms with Crippen molar-refractivity contribution in [2.75, 3.05) is 0 Å². The highest BCUT2D eigenvalue weighted by Crippen LogP contribution is 2.25. The highest BCUT2D eigenvalue weighted by Gasteiger charge is 2.07. The van der Waals surface area contributed by atoms with E-state index in [1.165, 1.54) is 0 Å². The summed E-state index contributed by atoms with van der Waals surface area (Å²) in [5, 5.41) is 18.3. The number of phenols is 1. The number of carbonyl (C=O) groups is 1. The van der Waals surface area contributed by atoms with Gasteiger partial charge in [-0.15, -0.1) is 0 Å². The second-order valence-corrected chi connectivity index (χ2v) is 3.35. The number of rotatable bonds is 4. The highest BCUT2D eigenvalue weighted by molar-refractivity contribution is 5.52. The van der Waals surface area contributed by atoms with Crippen LogP contribution in [0.4, 0.5) is 0 Å². The summed E-state index contributed by atoms with van der Waals surface area (Å²) in [6.45, 7) is 1.75. The largest absolute Gasteiger partial charge is 0.508 e. The van der Waals surface area contributed by atoms with Crippen LogP contribution in [0.5, 0.6) is 5.75 Å². The number of hydrogen-bond donors (Lipinski definition) is 2. The van der Waals surface area contributed by atoms with Crippen LogP contribution in [0.1, 0.15) is 30.4 Å². The van der Waals surface area contributed by atoms with E-state index in [1.54, 1.807) is 12.1 Å². The van der Waals surface area contributed by atoms with Crippen molar-refractivity contribution in [2.24, 2.45) is 0 Å². The summed E-state index contributed by atoms with van der Waals surface area (Å²) in [6.07, 6.45) is 1.31. The van der Waals surface area contributed by atoms with Crippen LogP contribution in [-0.4, -0.2) is 16.5 Å². The Morgan fingerprint density at radius 2 is 2.21 bits per heavy atom. The van der Waals surface area contributed by atoms with Crippen LogP contribution < -0.4 is 0 Å². The molecule has 0 fully saturated rings. The van der Waals surface area contributed by atoms with E-state index in [-0.39, 0.29) is 18.3 Å². The average Bonchev–Trinajstić information content (AvgIpc) is 2.18. The van der Waals surface area contributed by atoms with Crippen molar-refractivity contribution in [3.05, 3.63) is 29.3 Å². The van der Waals surface area contributed by atoms with Crippen LogP contribution in [0.25, 0.3) is 0 Å². The summed E-state index contributed by atoms with van der Waals surface area (Å²) in [5.41, 5.74) is 1.42. The Labute approximate surface area is 83.0 Å². The lowest BCUT2D eigenvalue weighted by molar-refractivity contribution is -0.108. The Hall–Kier alpha value is -1.35. The number of carbonyl (C=O) groups excluding carboxylic acids is 1. The van der Waals surface area contributed by atoms with Crippen LogP contribution in [0.3, 0.4) is 0 Å². The van der Waals surface area contributed by atoms with Gasteiger partial charge in [0.1, 0.15) is 12.0 Å². The Balaban J connectivity index is 2.90. The average molecular weight is 194 g/mol. The number of aliphatic hydroxyl groups excluding tert-OH is 1. The van der Waals surface area contributed by atoms with Crippen LogP contribution in [0.15, 0.2) is 18.2 Å². The van der Waals surface area contributed by atoms with Crippen LogP contribution in [0, 0.1) is 0 Å². The molecular formula is C11H14O3. The van der Waals surface area contributed by atoms with Gasteiger partial charge in [-0.1, -0.05) is 19.1 Å². The third-order valence-electron chi connectivity index (χ3n) is 2.30. The van der Waals surface area contributed by atoms with E-state index in [4.69, 9.17) is 5.11 Å². The topological polar surface area (TPSA) is 57.5 Å². The molecule has 0 aliphatic rings. The van der Waals surface area contributed by atoms with Gasteiger partial charge in [0.2, 0.25) is 0 Å². The predicted octanol–water partition coefficient (Wildman–Crippen LogP) is 1.58. The van der Waals surface area contributed by atoms with Gasteiger partial charge < -0.3 is 15.0 Å². The molecule has 3 heteroatoms. The van der Waals surface area contributed by atoms with Crippen molar-refractivity contribution in [1.29, 1.82) is 0 Å². The van der Waals surface area contributed by atoms with Crippen molar-refractivity contribution in [3.8, 4) is 5.75 Å². The molecule has 1 aromatic rings. The van der Waals surface area contributed by atoms with Crippen molar-refractivity contribution >= 4 is 6.29 Å². The fourth-order valence-electron chi connectivity index (χ4n) is 1.30. The fourth-order valence-corrected chi connectivity index (χ4v) is 1.30. The number of aliphatic hydroxyl groups is 1. The molecule has 2 N–H and O–H groups in total. The molecule has 1 unspecified atom stereocenters. The predicted molar refractivity (Wildman–Crippen MR) is 53.1 cm³/mol. The first kappa shape index (κ1) is 10.7. The van der Waals surface area contributed by atoms with Crippen molar-refractivity contribution < 1.29 is 15.0 Å². The van der Waals surface area contributed by atoms with Gasteiger partial charge in [-0.05, 0) is 17.5 Å². The normalized spacial score (nSPS) is 12.4. The van der Waals surface area contributed by atoms with E-state index < -0.39 is 0 Å². The molecule has 0 spiro atoms. The first-order valence-electron chi connectivity index (χ1n) is 4.55. The molecule has 1 aromatic carbocycles. The lowest BCUT2D eigenvalue weighted by atomic mass is 9.97. The number of hydrogen-bond acceptors (Lipinski definition) is 3. The maximum absolute atomic E-state index is 10.3. The van der Waals surface area contributed by atoms with E-state index >= 15 is 0 Å². The number of aromatic hydroxyl groups is 1. The highest BCUT2D eigenvalue weighted by atomic mass is 16.3. The van der Waals surface area contributed by atoms with Gasteiger partial charge >= 0.3 is 0 Å². The van der Waals surface area contributed by atoms with Gasteiger partial charge in [0.25, 0.3) is 0 Å². The Bertz CT molecular complexity index is 320. The molecule has 0 aliphatic heterocycles. The second-order valence-electron chi connectivity index (χ2n) is 3.35. The number of aldehydes is 1. The van der Waals surface area contributed by atoms with Crippen LogP contribution in [-0.2, 0) is 11.4 Å². The molecule has 1 rings (SSSR count). The van der Waals surface area contributed by atoms with E-state index in [0.29, 0.717) is 12.0 Å². The molecule has 0 radical (unpaired) electrons. The summed E-state index contributed by atoms with van der Waals surface area (Å²) in [4.78, 5) is 10.3.